The molecule has 2 rings (SSSR count). The third-order valence-electron chi connectivity index (χ3n) is 3.32. The molecular weight excluding hydrogens is 390 g/mol. The molecule has 0 unspecified atom stereocenters. The number of sulfonamides is 1. The number of sulfone groups is 1. The van der Waals surface area contributed by atoms with Crippen LogP contribution in [0.2, 0.25) is 5.02 Å². The van der Waals surface area contributed by atoms with Crippen molar-refractivity contribution in [2.45, 2.75) is 20.7 Å². The van der Waals surface area contributed by atoms with Gasteiger partial charge in [-0.1, -0.05) is 29.8 Å². The molecule has 3 N–H and O–H groups in total. The first-order valence-electron chi connectivity index (χ1n) is 7.06. The Balaban J connectivity index is 2.52. The third kappa shape index (κ3) is 4.38. The van der Waals surface area contributed by atoms with E-state index in [9.17, 15) is 16.8 Å². The largest absolute Gasteiger partial charge is 0.395 e. The summed E-state index contributed by atoms with van der Waals surface area (Å²) in [5.74, 6) is 0. The maximum Gasteiger partial charge on any atom is 0.242 e. The summed E-state index contributed by atoms with van der Waals surface area (Å²) in [6, 6.07) is 9.73. The number of aliphatic hydroxyl groups excluding tert-OH is 2. The van der Waals surface area contributed by atoms with Crippen LogP contribution in [-0.4, -0.2) is 46.3 Å². The normalized spacial score (nSPS) is 12.5. The summed E-state index contributed by atoms with van der Waals surface area (Å²) in [6.45, 7) is -1.26. The Morgan fingerprint density at radius 2 is 1.52 bits per heavy atom. The molecule has 0 amide bonds. The summed E-state index contributed by atoms with van der Waals surface area (Å²) in [7, 11) is -8.17. The highest BCUT2D eigenvalue weighted by molar-refractivity contribution is 7.91. The molecule has 0 radical (unpaired) electrons. The fourth-order valence-corrected chi connectivity index (χ4v) is 5.13. The summed E-state index contributed by atoms with van der Waals surface area (Å²) in [5, 5.41) is 17.9. The Labute approximate surface area is 150 Å². The molecule has 2 aromatic rings. The van der Waals surface area contributed by atoms with Crippen LogP contribution in [0.3, 0.4) is 0 Å². The minimum absolute atomic E-state index is 0.0113. The van der Waals surface area contributed by atoms with E-state index in [1.807, 2.05) is 0 Å². The average molecular weight is 406 g/mol. The van der Waals surface area contributed by atoms with Gasteiger partial charge in [0, 0.05) is 0 Å². The second kappa shape index (κ2) is 7.81. The van der Waals surface area contributed by atoms with Crippen LogP contribution in [0.25, 0.3) is 0 Å². The molecule has 0 spiro atoms. The summed E-state index contributed by atoms with van der Waals surface area (Å²) in [4.78, 5) is -0.691. The molecule has 0 saturated heterocycles. The SMILES string of the molecule is O=S(=O)(NC(CO)CO)c1cc(S(=O)(=O)c2ccccc2)ccc1Cl. The van der Waals surface area contributed by atoms with E-state index < -0.39 is 44.0 Å². The van der Waals surface area contributed by atoms with Crippen molar-refractivity contribution in [3.8, 4) is 0 Å². The van der Waals surface area contributed by atoms with Gasteiger partial charge in [-0.3, -0.25) is 0 Å². The Morgan fingerprint density at radius 1 is 0.920 bits per heavy atom. The van der Waals surface area contributed by atoms with Crippen molar-refractivity contribution in [1.82, 2.24) is 4.72 Å². The zero-order valence-electron chi connectivity index (χ0n) is 12.8. The van der Waals surface area contributed by atoms with E-state index in [0.717, 1.165) is 6.07 Å². The highest BCUT2D eigenvalue weighted by Crippen LogP contribution is 2.28. The second-order valence-electron chi connectivity index (χ2n) is 5.09. The van der Waals surface area contributed by atoms with Gasteiger partial charge in [-0.2, -0.15) is 0 Å². The van der Waals surface area contributed by atoms with Crippen molar-refractivity contribution in [3.63, 3.8) is 0 Å². The number of nitrogens with one attached hydrogen (secondary N) is 1. The number of hydrogen-bond donors (Lipinski definition) is 3. The van der Waals surface area contributed by atoms with Gasteiger partial charge in [0.25, 0.3) is 0 Å². The van der Waals surface area contributed by atoms with Crippen LogP contribution >= 0.6 is 11.6 Å². The van der Waals surface area contributed by atoms with Gasteiger partial charge in [0.15, 0.2) is 0 Å². The maximum absolute atomic E-state index is 12.6. The molecule has 0 aliphatic carbocycles. The molecule has 0 aliphatic heterocycles. The Kier molecular flexibility index (Phi) is 6.20. The van der Waals surface area contributed by atoms with Crippen LogP contribution in [-0.2, 0) is 19.9 Å². The van der Waals surface area contributed by atoms with Crippen molar-refractivity contribution < 1.29 is 27.0 Å². The van der Waals surface area contributed by atoms with Crippen LogP contribution in [0.1, 0.15) is 0 Å². The number of benzene rings is 2. The third-order valence-corrected chi connectivity index (χ3v) is 7.09. The van der Waals surface area contributed by atoms with E-state index in [0.29, 0.717) is 0 Å². The first-order chi connectivity index (χ1) is 11.7. The highest BCUT2D eigenvalue weighted by Gasteiger charge is 2.25. The topological polar surface area (TPSA) is 121 Å². The Morgan fingerprint density at radius 3 is 2.08 bits per heavy atom. The maximum atomic E-state index is 12.6. The van der Waals surface area contributed by atoms with E-state index in [4.69, 9.17) is 21.8 Å². The van der Waals surface area contributed by atoms with Gasteiger partial charge in [0.2, 0.25) is 19.9 Å². The van der Waals surface area contributed by atoms with Crippen LogP contribution < -0.4 is 4.72 Å². The van der Waals surface area contributed by atoms with E-state index in [1.54, 1.807) is 18.2 Å². The molecule has 0 aliphatic rings. The number of aliphatic hydroxyl groups is 2. The van der Waals surface area contributed by atoms with Gasteiger partial charge in [-0.15, -0.1) is 0 Å². The molecule has 0 saturated carbocycles. The standard InChI is InChI=1S/C15H16ClNO6S2/c16-14-7-6-13(24(20,21)12-4-2-1-3-5-12)8-15(14)25(22,23)17-11(9-18)10-19/h1-8,11,17-19H,9-10H2. The molecule has 0 aromatic heterocycles. The molecule has 10 heteroatoms. The van der Waals surface area contributed by atoms with E-state index in [1.165, 1.54) is 24.3 Å². The molecule has 136 valence electrons. The second-order valence-corrected chi connectivity index (χ2v) is 9.13. The molecule has 7 nitrogen and oxygen atoms in total. The summed E-state index contributed by atoms with van der Waals surface area (Å²) in [6.07, 6.45) is 0. The predicted octanol–water partition coefficient (Wildman–Crippen LogP) is 0.804. The zero-order chi connectivity index (χ0) is 18.7. The zero-order valence-corrected chi connectivity index (χ0v) is 15.2. The van der Waals surface area contributed by atoms with Crippen molar-refractivity contribution in [2.24, 2.45) is 0 Å². The van der Waals surface area contributed by atoms with Gasteiger partial charge < -0.3 is 10.2 Å². The van der Waals surface area contributed by atoms with Crippen molar-refractivity contribution in [2.75, 3.05) is 13.2 Å². The van der Waals surface area contributed by atoms with Gasteiger partial charge in [0.1, 0.15) is 4.90 Å². The summed E-state index contributed by atoms with van der Waals surface area (Å²) in [5.41, 5.74) is 0. The molecule has 25 heavy (non-hydrogen) atoms. The molecular formula is C15H16ClNO6S2. The fourth-order valence-electron chi connectivity index (χ4n) is 2.01. The van der Waals surface area contributed by atoms with Crippen molar-refractivity contribution >= 4 is 31.5 Å². The number of hydrogen-bond acceptors (Lipinski definition) is 6. The van der Waals surface area contributed by atoms with Gasteiger partial charge in [-0.25, -0.2) is 21.6 Å². The molecule has 2 aromatic carbocycles. The molecule has 0 atom stereocenters. The lowest BCUT2D eigenvalue weighted by Gasteiger charge is -2.15. The van der Waals surface area contributed by atoms with Gasteiger partial charge in [-0.05, 0) is 30.3 Å². The van der Waals surface area contributed by atoms with Crippen molar-refractivity contribution in [1.29, 1.82) is 0 Å². The summed E-state index contributed by atoms with van der Waals surface area (Å²) < 4.78 is 52.1. The number of rotatable bonds is 7. The lowest BCUT2D eigenvalue weighted by molar-refractivity contribution is 0.185. The van der Waals surface area contributed by atoms with E-state index in [-0.39, 0.29) is 14.8 Å². The fraction of sp³-hybridized carbons (Fsp3) is 0.200. The molecule has 0 fully saturated rings. The van der Waals surface area contributed by atoms with Gasteiger partial charge >= 0.3 is 0 Å². The molecule has 0 bridgehead atoms. The minimum Gasteiger partial charge on any atom is -0.395 e. The number of halogens is 1. The van der Waals surface area contributed by atoms with E-state index >= 15 is 0 Å². The molecule has 0 heterocycles. The van der Waals surface area contributed by atoms with Crippen LogP contribution in [0, 0.1) is 0 Å². The first-order valence-corrected chi connectivity index (χ1v) is 10.4. The van der Waals surface area contributed by atoms with Crippen LogP contribution in [0.4, 0.5) is 0 Å². The lowest BCUT2D eigenvalue weighted by atomic mass is 10.4. The average Bonchev–Trinajstić information content (AvgIpc) is 2.60. The highest BCUT2D eigenvalue weighted by atomic mass is 35.5. The monoisotopic (exact) mass is 405 g/mol. The van der Waals surface area contributed by atoms with E-state index in [2.05, 4.69) is 4.72 Å². The quantitative estimate of drug-likeness (QED) is 0.626. The van der Waals surface area contributed by atoms with Crippen LogP contribution in [0.15, 0.2) is 63.2 Å². The minimum atomic E-state index is -4.25. The van der Waals surface area contributed by atoms with Gasteiger partial charge in [0.05, 0.1) is 34.1 Å². The summed E-state index contributed by atoms with van der Waals surface area (Å²) >= 11 is 5.91. The smallest absolute Gasteiger partial charge is 0.242 e. The lowest BCUT2D eigenvalue weighted by Crippen LogP contribution is -2.40. The van der Waals surface area contributed by atoms with Crippen LogP contribution in [0.5, 0.6) is 0 Å². The Bertz CT molecular complexity index is 941. The Hall–Kier alpha value is -1.49. The van der Waals surface area contributed by atoms with Crippen molar-refractivity contribution in [3.05, 3.63) is 53.6 Å². The first kappa shape index (κ1) is 19.8. The predicted molar refractivity (Wildman–Crippen MR) is 91.6 cm³/mol.